The Balaban J connectivity index is 2.07. The number of aryl methyl sites for hydroxylation is 2. The molecule has 0 aliphatic heterocycles. The van der Waals surface area contributed by atoms with Crippen LogP contribution >= 0.6 is 0 Å². The lowest BCUT2D eigenvalue weighted by Gasteiger charge is -2.14. The van der Waals surface area contributed by atoms with Gasteiger partial charge in [0.2, 0.25) is 0 Å². The van der Waals surface area contributed by atoms with Crippen molar-refractivity contribution in [2.75, 3.05) is 5.32 Å². The normalized spacial score (nSPS) is 11.7. The van der Waals surface area contributed by atoms with Crippen molar-refractivity contribution in [3.8, 4) is 0 Å². The Morgan fingerprint density at radius 2 is 1.58 bits per heavy atom. The van der Waals surface area contributed by atoms with E-state index in [0.717, 1.165) is 23.3 Å². The van der Waals surface area contributed by atoms with Crippen LogP contribution in [-0.4, -0.2) is 18.0 Å². The number of hydrogen-bond acceptors (Lipinski definition) is 3. The number of anilines is 1. The lowest BCUT2D eigenvalue weighted by atomic mass is 10.1. The van der Waals surface area contributed by atoms with Crippen molar-refractivity contribution in [2.45, 2.75) is 26.9 Å². The highest BCUT2D eigenvalue weighted by Gasteiger charge is 2.21. The first-order chi connectivity index (χ1) is 11.3. The molecule has 0 saturated carbocycles. The Morgan fingerprint density at radius 1 is 1.04 bits per heavy atom. The van der Waals surface area contributed by atoms with Crippen LogP contribution in [0.4, 0.5) is 14.5 Å². The molecular weight excluding hydrogens is 316 g/mol. The number of hydrogen-bond donors (Lipinski definition) is 1. The highest BCUT2D eigenvalue weighted by atomic mass is 19.1. The van der Waals surface area contributed by atoms with Crippen molar-refractivity contribution in [2.24, 2.45) is 0 Å². The summed E-state index contributed by atoms with van der Waals surface area (Å²) in [5.74, 6) is -3.32. The van der Waals surface area contributed by atoms with E-state index in [1.807, 2.05) is 19.9 Å². The largest absolute Gasteiger partial charge is 0.449 e. The van der Waals surface area contributed by atoms with Crippen molar-refractivity contribution in [3.05, 3.63) is 64.7 Å². The second kappa shape index (κ2) is 7.21. The molecule has 0 saturated heterocycles. The van der Waals surface area contributed by atoms with Crippen molar-refractivity contribution < 1.29 is 23.1 Å². The summed E-state index contributed by atoms with van der Waals surface area (Å²) in [5, 5.41) is 2.09. The summed E-state index contributed by atoms with van der Waals surface area (Å²) in [6.07, 6.45) is -1.21. The molecule has 1 unspecified atom stereocenters. The molecule has 2 aromatic carbocycles. The van der Waals surface area contributed by atoms with Crippen LogP contribution in [0, 0.1) is 25.5 Å². The van der Waals surface area contributed by atoms with E-state index < -0.39 is 35.3 Å². The van der Waals surface area contributed by atoms with Gasteiger partial charge in [-0.1, -0.05) is 23.3 Å². The molecule has 0 bridgehead atoms. The molecule has 4 nitrogen and oxygen atoms in total. The summed E-state index contributed by atoms with van der Waals surface area (Å²) in [6.45, 7) is 5.00. The Labute approximate surface area is 138 Å². The van der Waals surface area contributed by atoms with Crippen molar-refractivity contribution in [1.82, 2.24) is 0 Å². The van der Waals surface area contributed by atoms with Gasteiger partial charge in [-0.05, 0) is 45.0 Å². The van der Waals surface area contributed by atoms with Crippen LogP contribution in [0.15, 0.2) is 36.4 Å². The highest BCUT2D eigenvalue weighted by molar-refractivity contribution is 5.97. The minimum atomic E-state index is -1.21. The molecule has 0 fully saturated rings. The minimum absolute atomic E-state index is 0.309. The fraction of sp³-hybridized carbons (Fsp3) is 0.222. The Morgan fingerprint density at radius 3 is 2.12 bits per heavy atom. The number of amides is 1. The molecule has 6 heteroatoms. The molecule has 0 aliphatic carbocycles. The summed E-state index contributed by atoms with van der Waals surface area (Å²) in [5.41, 5.74) is 1.50. The fourth-order valence-electron chi connectivity index (χ4n) is 2.22. The summed E-state index contributed by atoms with van der Waals surface area (Å²) in [7, 11) is 0. The standard InChI is InChI=1S/C18H17F2NO3/c1-10-7-11(2)9-13(8-10)18(23)24-12(3)17(22)21-16-14(19)5-4-6-15(16)20/h4-9,12H,1-3H3,(H,21,22). The maximum atomic E-state index is 13.5. The lowest BCUT2D eigenvalue weighted by molar-refractivity contribution is -0.123. The molecule has 24 heavy (non-hydrogen) atoms. The van der Waals surface area contributed by atoms with Gasteiger partial charge >= 0.3 is 5.97 Å². The summed E-state index contributed by atoms with van der Waals surface area (Å²) >= 11 is 0. The van der Waals surface area contributed by atoms with Crippen LogP contribution in [0.2, 0.25) is 0 Å². The molecule has 2 aromatic rings. The van der Waals surface area contributed by atoms with E-state index in [1.54, 1.807) is 12.1 Å². The van der Waals surface area contributed by atoms with Gasteiger partial charge in [-0.3, -0.25) is 4.79 Å². The molecule has 0 aromatic heterocycles. The number of carbonyl (C=O) groups excluding carboxylic acids is 2. The predicted octanol–water partition coefficient (Wildman–Crippen LogP) is 3.77. The molecule has 0 spiro atoms. The number of para-hydroxylation sites is 1. The van der Waals surface area contributed by atoms with Crippen molar-refractivity contribution in [1.29, 1.82) is 0 Å². The zero-order chi connectivity index (χ0) is 17.9. The third-order valence-electron chi connectivity index (χ3n) is 3.32. The van der Waals surface area contributed by atoms with Gasteiger partial charge in [-0.25, -0.2) is 13.6 Å². The molecule has 0 heterocycles. The zero-order valence-corrected chi connectivity index (χ0v) is 13.5. The average molecular weight is 333 g/mol. The van der Waals surface area contributed by atoms with E-state index >= 15 is 0 Å². The van der Waals surface area contributed by atoms with Gasteiger partial charge in [0.15, 0.2) is 6.10 Å². The average Bonchev–Trinajstić information content (AvgIpc) is 2.49. The van der Waals surface area contributed by atoms with E-state index in [1.165, 1.54) is 13.0 Å². The van der Waals surface area contributed by atoms with Crippen molar-refractivity contribution >= 4 is 17.6 Å². The molecule has 126 valence electrons. The van der Waals surface area contributed by atoms with Crippen molar-refractivity contribution in [3.63, 3.8) is 0 Å². The fourth-order valence-corrected chi connectivity index (χ4v) is 2.22. The van der Waals surface area contributed by atoms with Gasteiger partial charge in [-0.2, -0.15) is 0 Å². The van der Waals surface area contributed by atoms with E-state index in [4.69, 9.17) is 4.74 Å². The number of benzene rings is 2. The van der Waals surface area contributed by atoms with E-state index in [-0.39, 0.29) is 0 Å². The molecule has 0 radical (unpaired) electrons. The number of carbonyl (C=O) groups is 2. The van der Waals surface area contributed by atoms with Crippen LogP contribution in [0.1, 0.15) is 28.4 Å². The predicted molar refractivity (Wildman–Crippen MR) is 85.8 cm³/mol. The molecule has 1 atom stereocenters. The Bertz CT molecular complexity index is 749. The van der Waals surface area contributed by atoms with Crippen LogP contribution in [0.3, 0.4) is 0 Å². The van der Waals surface area contributed by atoms with Crippen LogP contribution in [0.25, 0.3) is 0 Å². The number of halogens is 2. The third-order valence-corrected chi connectivity index (χ3v) is 3.32. The second-order valence-electron chi connectivity index (χ2n) is 5.51. The number of esters is 1. The number of ether oxygens (including phenoxy) is 1. The van der Waals surface area contributed by atoms with Crippen LogP contribution in [-0.2, 0) is 9.53 Å². The van der Waals surface area contributed by atoms with Crippen LogP contribution < -0.4 is 5.32 Å². The highest BCUT2D eigenvalue weighted by Crippen LogP contribution is 2.18. The smallest absolute Gasteiger partial charge is 0.338 e. The maximum Gasteiger partial charge on any atom is 0.338 e. The van der Waals surface area contributed by atoms with Gasteiger partial charge in [0.05, 0.1) is 5.56 Å². The lowest BCUT2D eigenvalue weighted by Crippen LogP contribution is -2.30. The third kappa shape index (κ3) is 4.16. The minimum Gasteiger partial charge on any atom is -0.449 e. The summed E-state index contributed by atoms with van der Waals surface area (Å²) in [4.78, 5) is 24.1. The zero-order valence-electron chi connectivity index (χ0n) is 13.5. The molecule has 1 N–H and O–H groups in total. The van der Waals surface area contributed by atoms with Crippen LogP contribution in [0.5, 0.6) is 0 Å². The molecule has 2 rings (SSSR count). The topological polar surface area (TPSA) is 55.4 Å². The second-order valence-corrected chi connectivity index (χ2v) is 5.51. The Hall–Kier alpha value is -2.76. The quantitative estimate of drug-likeness (QED) is 0.867. The van der Waals surface area contributed by atoms with Gasteiger partial charge in [0.25, 0.3) is 5.91 Å². The number of rotatable bonds is 4. The van der Waals surface area contributed by atoms with E-state index in [0.29, 0.717) is 5.56 Å². The van der Waals surface area contributed by atoms with E-state index in [2.05, 4.69) is 5.32 Å². The first-order valence-electron chi connectivity index (χ1n) is 7.32. The first kappa shape index (κ1) is 17.6. The molecule has 1 amide bonds. The van der Waals surface area contributed by atoms with Gasteiger partial charge in [0.1, 0.15) is 17.3 Å². The maximum absolute atomic E-state index is 13.5. The van der Waals surface area contributed by atoms with Gasteiger partial charge < -0.3 is 10.1 Å². The first-order valence-corrected chi connectivity index (χ1v) is 7.32. The SMILES string of the molecule is Cc1cc(C)cc(C(=O)OC(C)C(=O)Nc2c(F)cccc2F)c1. The van der Waals surface area contributed by atoms with Gasteiger partial charge in [-0.15, -0.1) is 0 Å². The monoisotopic (exact) mass is 333 g/mol. The van der Waals surface area contributed by atoms with Gasteiger partial charge in [0, 0.05) is 0 Å². The Kier molecular flexibility index (Phi) is 5.28. The van der Waals surface area contributed by atoms with E-state index in [9.17, 15) is 18.4 Å². The molecular formula is C18H17F2NO3. The molecule has 0 aliphatic rings. The summed E-state index contributed by atoms with van der Waals surface area (Å²) < 4.78 is 32.1. The summed E-state index contributed by atoms with van der Waals surface area (Å²) in [6, 6.07) is 8.39. The number of nitrogens with one attached hydrogen (secondary N) is 1.